The van der Waals surface area contributed by atoms with E-state index in [1.807, 2.05) is 32.0 Å². The van der Waals surface area contributed by atoms with E-state index in [0.717, 1.165) is 12.8 Å². The molecule has 2 aromatic rings. The van der Waals surface area contributed by atoms with Crippen LogP contribution in [0.25, 0.3) is 0 Å². The Kier molecular flexibility index (Phi) is 7.49. The van der Waals surface area contributed by atoms with E-state index in [1.54, 1.807) is 27.8 Å². The Morgan fingerprint density at radius 2 is 2.07 bits per heavy atom. The molecule has 3 rings (SSSR count). The van der Waals surface area contributed by atoms with Gasteiger partial charge in [-0.2, -0.15) is 0 Å². The summed E-state index contributed by atoms with van der Waals surface area (Å²) < 4.78 is 33.8. The standard InChI is InChI=1S/C21H30N4O4S/c1-3-22-20(26)24(4-2)14-18-13-23-21(25(18)15-19-11-8-12-29-19)30(27,28)16-17-9-6-5-7-10-17/h5-7,9-10,13,19H,3-4,8,11-12,14-16H2,1-2H3,(H,22,26)/t19-/m0/s1. The van der Waals surface area contributed by atoms with E-state index in [1.165, 1.54) is 0 Å². The van der Waals surface area contributed by atoms with Gasteiger partial charge < -0.3 is 19.5 Å². The van der Waals surface area contributed by atoms with E-state index in [4.69, 9.17) is 4.74 Å². The van der Waals surface area contributed by atoms with Crippen LogP contribution < -0.4 is 5.32 Å². The van der Waals surface area contributed by atoms with Gasteiger partial charge in [0.2, 0.25) is 15.0 Å². The number of nitrogens with zero attached hydrogens (tertiary/aromatic N) is 3. The summed E-state index contributed by atoms with van der Waals surface area (Å²) in [6.45, 7) is 6.16. The fourth-order valence-electron chi connectivity index (χ4n) is 3.60. The molecule has 1 saturated heterocycles. The Morgan fingerprint density at radius 3 is 2.70 bits per heavy atom. The summed E-state index contributed by atoms with van der Waals surface area (Å²) in [6.07, 6.45) is 3.35. The van der Waals surface area contributed by atoms with Gasteiger partial charge in [0.15, 0.2) is 0 Å². The lowest BCUT2D eigenvalue weighted by molar-refractivity contribution is 0.0935. The average Bonchev–Trinajstić information content (AvgIpc) is 3.37. The van der Waals surface area contributed by atoms with Crippen molar-refractivity contribution < 1.29 is 17.9 Å². The topological polar surface area (TPSA) is 93.5 Å². The Balaban J connectivity index is 1.91. The van der Waals surface area contributed by atoms with Crippen molar-refractivity contribution in [2.75, 3.05) is 19.7 Å². The Morgan fingerprint density at radius 1 is 1.30 bits per heavy atom. The molecule has 0 spiro atoms. The van der Waals surface area contributed by atoms with Crippen molar-refractivity contribution in [1.29, 1.82) is 0 Å². The van der Waals surface area contributed by atoms with Gasteiger partial charge in [-0.05, 0) is 32.3 Å². The van der Waals surface area contributed by atoms with Crippen molar-refractivity contribution in [3.63, 3.8) is 0 Å². The SMILES string of the molecule is CCNC(=O)N(CC)Cc1cnc(S(=O)(=O)Cc2ccccc2)n1C[C@@H]1CCCO1. The second kappa shape index (κ2) is 10.1. The number of hydrogen-bond donors (Lipinski definition) is 1. The number of benzene rings is 1. The lowest BCUT2D eigenvalue weighted by Gasteiger charge is -2.23. The number of hydrogen-bond acceptors (Lipinski definition) is 5. The summed E-state index contributed by atoms with van der Waals surface area (Å²) in [5.41, 5.74) is 1.40. The molecule has 0 unspecified atom stereocenters. The molecule has 0 saturated carbocycles. The normalized spacial score (nSPS) is 16.5. The van der Waals surface area contributed by atoms with Crippen LogP contribution in [0.4, 0.5) is 4.79 Å². The fraction of sp³-hybridized carbons (Fsp3) is 0.524. The molecule has 9 heteroatoms. The van der Waals surface area contributed by atoms with E-state index in [0.29, 0.717) is 37.5 Å². The van der Waals surface area contributed by atoms with Gasteiger partial charge in [0.25, 0.3) is 0 Å². The number of aromatic nitrogens is 2. The van der Waals surface area contributed by atoms with E-state index in [-0.39, 0.29) is 29.6 Å². The predicted molar refractivity (Wildman–Crippen MR) is 114 cm³/mol. The Bertz CT molecular complexity index is 937. The van der Waals surface area contributed by atoms with Crippen LogP contribution in [0.5, 0.6) is 0 Å². The van der Waals surface area contributed by atoms with Crippen molar-refractivity contribution in [1.82, 2.24) is 19.8 Å². The number of ether oxygens (including phenoxy) is 1. The maximum absolute atomic E-state index is 13.2. The number of carbonyl (C=O) groups excluding carboxylic acids is 1. The number of urea groups is 1. The minimum atomic E-state index is -3.66. The van der Waals surface area contributed by atoms with Crippen molar-refractivity contribution in [2.45, 2.75) is 56.8 Å². The van der Waals surface area contributed by atoms with Crippen molar-refractivity contribution in [2.24, 2.45) is 0 Å². The van der Waals surface area contributed by atoms with Gasteiger partial charge in [-0.15, -0.1) is 0 Å². The van der Waals surface area contributed by atoms with E-state index in [9.17, 15) is 13.2 Å². The van der Waals surface area contributed by atoms with Gasteiger partial charge in [-0.25, -0.2) is 18.2 Å². The van der Waals surface area contributed by atoms with Crippen LogP contribution in [0, 0.1) is 0 Å². The average molecular weight is 435 g/mol. The Hall–Kier alpha value is -2.39. The van der Waals surface area contributed by atoms with Crippen molar-refractivity contribution in [3.8, 4) is 0 Å². The molecule has 1 aromatic heterocycles. The monoisotopic (exact) mass is 434 g/mol. The van der Waals surface area contributed by atoms with E-state index in [2.05, 4.69) is 10.3 Å². The molecule has 1 fully saturated rings. The highest BCUT2D eigenvalue weighted by Crippen LogP contribution is 2.22. The quantitative estimate of drug-likeness (QED) is 0.655. The van der Waals surface area contributed by atoms with Gasteiger partial charge in [0, 0.05) is 19.7 Å². The van der Waals surface area contributed by atoms with Crippen LogP contribution in [0.1, 0.15) is 37.9 Å². The number of amides is 2. The van der Waals surface area contributed by atoms with E-state index < -0.39 is 9.84 Å². The van der Waals surface area contributed by atoms with Gasteiger partial charge in [-0.1, -0.05) is 30.3 Å². The largest absolute Gasteiger partial charge is 0.376 e. The Labute approximate surface area is 178 Å². The predicted octanol–water partition coefficient (Wildman–Crippen LogP) is 2.59. The summed E-state index contributed by atoms with van der Waals surface area (Å²) in [5.74, 6) is -0.121. The lowest BCUT2D eigenvalue weighted by Crippen LogP contribution is -2.39. The zero-order chi connectivity index (χ0) is 21.6. The van der Waals surface area contributed by atoms with Crippen LogP contribution >= 0.6 is 0 Å². The smallest absolute Gasteiger partial charge is 0.317 e. The van der Waals surface area contributed by atoms with Crippen LogP contribution in [0.15, 0.2) is 41.7 Å². The highest BCUT2D eigenvalue weighted by molar-refractivity contribution is 7.90. The molecule has 1 atom stereocenters. The third-order valence-corrected chi connectivity index (χ3v) is 6.73. The second-order valence-electron chi connectivity index (χ2n) is 7.37. The third kappa shape index (κ3) is 5.40. The molecule has 8 nitrogen and oxygen atoms in total. The molecular formula is C21H30N4O4S. The number of nitrogens with one attached hydrogen (secondary N) is 1. The van der Waals surface area contributed by atoms with Gasteiger partial charge >= 0.3 is 6.03 Å². The van der Waals surface area contributed by atoms with Crippen LogP contribution in [0.3, 0.4) is 0 Å². The molecule has 1 aliphatic heterocycles. The van der Waals surface area contributed by atoms with E-state index >= 15 is 0 Å². The molecule has 0 aliphatic carbocycles. The summed E-state index contributed by atoms with van der Waals surface area (Å²) >= 11 is 0. The van der Waals surface area contributed by atoms with Crippen LogP contribution in [0.2, 0.25) is 0 Å². The molecule has 1 aromatic carbocycles. The number of sulfone groups is 1. The maximum atomic E-state index is 13.2. The zero-order valence-electron chi connectivity index (χ0n) is 17.6. The molecule has 1 aliphatic rings. The molecule has 0 bridgehead atoms. The molecule has 1 N–H and O–H groups in total. The first kappa shape index (κ1) is 22.3. The summed E-state index contributed by atoms with van der Waals surface area (Å²) in [4.78, 5) is 18.2. The lowest BCUT2D eigenvalue weighted by atomic mass is 10.2. The molecule has 2 heterocycles. The van der Waals surface area contributed by atoms with Gasteiger partial charge in [0.1, 0.15) is 0 Å². The first-order valence-electron chi connectivity index (χ1n) is 10.4. The summed E-state index contributed by atoms with van der Waals surface area (Å²) in [5, 5.41) is 2.82. The van der Waals surface area contributed by atoms with Crippen molar-refractivity contribution in [3.05, 3.63) is 47.8 Å². The highest BCUT2D eigenvalue weighted by atomic mass is 32.2. The number of carbonyl (C=O) groups is 1. The third-order valence-electron chi connectivity index (χ3n) is 5.14. The molecule has 30 heavy (non-hydrogen) atoms. The molecule has 0 radical (unpaired) electrons. The minimum Gasteiger partial charge on any atom is -0.376 e. The molecular weight excluding hydrogens is 404 g/mol. The van der Waals surface area contributed by atoms with Crippen molar-refractivity contribution >= 4 is 15.9 Å². The first-order chi connectivity index (χ1) is 14.4. The second-order valence-corrected chi connectivity index (χ2v) is 9.26. The zero-order valence-corrected chi connectivity index (χ0v) is 18.4. The fourth-order valence-corrected chi connectivity index (χ4v) is 5.10. The molecule has 2 amide bonds. The minimum absolute atomic E-state index is 0.0313. The summed E-state index contributed by atoms with van der Waals surface area (Å²) in [6, 6.07) is 8.90. The van der Waals surface area contributed by atoms with Gasteiger partial charge in [-0.3, -0.25) is 0 Å². The first-order valence-corrected chi connectivity index (χ1v) is 12.0. The van der Waals surface area contributed by atoms with Crippen LogP contribution in [-0.2, 0) is 33.4 Å². The number of imidazole rings is 1. The highest BCUT2D eigenvalue weighted by Gasteiger charge is 2.28. The summed E-state index contributed by atoms with van der Waals surface area (Å²) in [7, 11) is -3.66. The number of rotatable bonds is 9. The van der Waals surface area contributed by atoms with Gasteiger partial charge in [0.05, 0.1) is 36.8 Å². The maximum Gasteiger partial charge on any atom is 0.317 e. The van der Waals surface area contributed by atoms with Crippen LogP contribution in [-0.4, -0.2) is 54.7 Å². The molecule has 164 valence electrons.